The fraction of sp³-hybridized carbons (Fsp3) is 0. The number of nitro groups is 1. The van der Waals surface area contributed by atoms with E-state index >= 15 is 0 Å². The Labute approximate surface area is 126 Å². The smallest absolute Gasteiger partial charge is 0.342 e. The predicted molar refractivity (Wildman–Crippen MR) is 74.2 cm³/mol. The zero-order chi connectivity index (χ0) is 15.6. The van der Waals surface area contributed by atoms with Crippen molar-refractivity contribution in [2.45, 2.75) is 0 Å². The minimum Gasteiger partial charge on any atom is -0.477 e. The maximum atomic E-state index is 13.5. The largest absolute Gasteiger partial charge is 0.477 e. The summed E-state index contributed by atoms with van der Waals surface area (Å²) in [5, 5.41) is 19.9. The van der Waals surface area contributed by atoms with Gasteiger partial charge < -0.3 is 9.84 Å². The number of carboxylic acid groups (broad SMARTS) is 1. The van der Waals surface area contributed by atoms with Crippen molar-refractivity contribution in [3.63, 3.8) is 0 Å². The van der Waals surface area contributed by atoms with Crippen LogP contribution in [0.2, 0.25) is 0 Å². The van der Waals surface area contributed by atoms with E-state index in [4.69, 9.17) is 9.84 Å². The van der Waals surface area contributed by atoms with Crippen LogP contribution in [0.1, 0.15) is 10.4 Å². The van der Waals surface area contributed by atoms with Gasteiger partial charge in [0.05, 0.1) is 4.92 Å². The Morgan fingerprint density at radius 2 is 2.00 bits per heavy atom. The summed E-state index contributed by atoms with van der Waals surface area (Å²) in [6.45, 7) is 0. The van der Waals surface area contributed by atoms with Gasteiger partial charge in [-0.1, -0.05) is 22.0 Å². The number of halogens is 2. The highest BCUT2D eigenvalue weighted by Gasteiger charge is 2.21. The molecule has 2 aromatic carbocycles. The van der Waals surface area contributed by atoms with E-state index in [1.165, 1.54) is 30.3 Å². The van der Waals surface area contributed by atoms with Crippen molar-refractivity contribution in [2.75, 3.05) is 0 Å². The summed E-state index contributed by atoms with van der Waals surface area (Å²) in [5.74, 6) is -3.01. The number of ether oxygens (including phenoxy) is 1. The Balaban J connectivity index is 2.51. The molecule has 108 valence electrons. The molecule has 21 heavy (non-hydrogen) atoms. The first kappa shape index (κ1) is 14.9. The maximum Gasteiger partial charge on any atom is 0.342 e. The molecule has 8 heteroatoms. The summed E-state index contributed by atoms with van der Waals surface area (Å²) in [7, 11) is 0. The highest BCUT2D eigenvalue weighted by Crippen LogP contribution is 2.35. The fourth-order valence-electron chi connectivity index (χ4n) is 1.63. The molecule has 2 rings (SSSR count). The Kier molecular flexibility index (Phi) is 4.18. The van der Waals surface area contributed by atoms with Crippen molar-refractivity contribution < 1.29 is 24.0 Å². The second-order valence-corrected chi connectivity index (χ2v) is 4.81. The monoisotopic (exact) mass is 355 g/mol. The van der Waals surface area contributed by atoms with Crippen LogP contribution in [-0.4, -0.2) is 16.0 Å². The summed E-state index contributed by atoms with van der Waals surface area (Å²) in [6, 6.07) is 7.42. The van der Waals surface area contributed by atoms with E-state index < -0.39 is 22.3 Å². The average Bonchev–Trinajstić information content (AvgIpc) is 2.40. The number of rotatable bonds is 4. The molecule has 0 atom stereocenters. The molecule has 0 radical (unpaired) electrons. The first-order chi connectivity index (χ1) is 9.90. The van der Waals surface area contributed by atoms with Gasteiger partial charge in [0.15, 0.2) is 0 Å². The van der Waals surface area contributed by atoms with Gasteiger partial charge in [-0.25, -0.2) is 9.18 Å². The molecular formula is C13H7BrFNO5. The second kappa shape index (κ2) is 5.88. The highest BCUT2D eigenvalue weighted by atomic mass is 79.9. The predicted octanol–water partition coefficient (Wildman–Crippen LogP) is 3.99. The molecule has 2 aromatic rings. The number of nitrogens with zero attached hydrogens (tertiary/aromatic N) is 1. The molecule has 0 aliphatic carbocycles. The normalized spacial score (nSPS) is 10.2. The maximum absolute atomic E-state index is 13.5. The number of nitro benzene ring substituents is 1. The van der Waals surface area contributed by atoms with Crippen molar-refractivity contribution in [2.24, 2.45) is 0 Å². The lowest BCUT2D eigenvalue weighted by atomic mass is 10.2. The lowest BCUT2D eigenvalue weighted by Crippen LogP contribution is -2.04. The molecule has 0 heterocycles. The first-order valence-corrected chi connectivity index (χ1v) is 6.33. The van der Waals surface area contributed by atoms with Gasteiger partial charge >= 0.3 is 11.7 Å². The van der Waals surface area contributed by atoms with Crippen LogP contribution < -0.4 is 4.74 Å². The van der Waals surface area contributed by atoms with E-state index in [0.29, 0.717) is 4.47 Å². The summed E-state index contributed by atoms with van der Waals surface area (Å²) in [4.78, 5) is 21.3. The van der Waals surface area contributed by atoms with E-state index in [2.05, 4.69) is 15.9 Å². The summed E-state index contributed by atoms with van der Waals surface area (Å²) < 4.78 is 19.2. The van der Waals surface area contributed by atoms with Crippen molar-refractivity contribution in [3.05, 3.63) is 62.4 Å². The molecule has 0 aliphatic rings. The van der Waals surface area contributed by atoms with Gasteiger partial charge in [0.1, 0.15) is 17.1 Å². The minimum atomic E-state index is -1.53. The van der Waals surface area contributed by atoms with Crippen LogP contribution in [0.4, 0.5) is 10.1 Å². The standard InChI is InChI=1S/C13H7BrFNO5/c14-7-4-5-10(9(6-7)16(19)20)21-11-3-1-2-8(15)12(11)13(17)18/h1-6H,(H,17,18). The van der Waals surface area contributed by atoms with Crippen molar-refractivity contribution >= 4 is 27.6 Å². The molecule has 0 unspecified atom stereocenters. The Bertz CT molecular complexity index is 734. The number of aromatic carboxylic acids is 1. The van der Waals surface area contributed by atoms with Gasteiger partial charge in [0, 0.05) is 10.5 Å². The third-order valence-corrected chi connectivity index (χ3v) is 3.02. The van der Waals surface area contributed by atoms with Crippen LogP contribution >= 0.6 is 15.9 Å². The van der Waals surface area contributed by atoms with Crippen molar-refractivity contribution in [1.82, 2.24) is 0 Å². The van der Waals surface area contributed by atoms with E-state index in [1.807, 2.05) is 0 Å². The van der Waals surface area contributed by atoms with Crippen LogP contribution in [0, 0.1) is 15.9 Å². The van der Waals surface area contributed by atoms with Crippen molar-refractivity contribution in [1.29, 1.82) is 0 Å². The Morgan fingerprint density at radius 1 is 1.29 bits per heavy atom. The molecular weight excluding hydrogens is 349 g/mol. The molecule has 1 N–H and O–H groups in total. The molecule has 0 aliphatic heterocycles. The molecule has 0 saturated carbocycles. The van der Waals surface area contributed by atoms with Crippen LogP contribution in [0.25, 0.3) is 0 Å². The number of hydrogen-bond donors (Lipinski definition) is 1. The quantitative estimate of drug-likeness (QED) is 0.661. The topological polar surface area (TPSA) is 89.7 Å². The lowest BCUT2D eigenvalue weighted by Gasteiger charge is -2.09. The van der Waals surface area contributed by atoms with Crippen LogP contribution in [-0.2, 0) is 0 Å². The Morgan fingerprint density at radius 3 is 2.62 bits per heavy atom. The molecule has 0 bridgehead atoms. The van der Waals surface area contributed by atoms with Gasteiger partial charge in [-0.15, -0.1) is 0 Å². The lowest BCUT2D eigenvalue weighted by molar-refractivity contribution is -0.385. The van der Waals surface area contributed by atoms with Gasteiger partial charge in [0.2, 0.25) is 5.75 Å². The molecule has 0 spiro atoms. The van der Waals surface area contributed by atoms with Gasteiger partial charge in [-0.05, 0) is 24.3 Å². The molecule has 6 nitrogen and oxygen atoms in total. The van der Waals surface area contributed by atoms with Crippen LogP contribution in [0.3, 0.4) is 0 Å². The van der Waals surface area contributed by atoms with E-state index in [-0.39, 0.29) is 17.2 Å². The molecule has 0 fully saturated rings. The van der Waals surface area contributed by atoms with Gasteiger partial charge in [-0.3, -0.25) is 10.1 Å². The van der Waals surface area contributed by atoms with Gasteiger partial charge in [-0.2, -0.15) is 0 Å². The van der Waals surface area contributed by atoms with E-state index in [1.54, 1.807) is 0 Å². The number of carboxylic acids is 1. The third-order valence-electron chi connectivity index (χ3n) is 2.53. The highest BCUT2D eigenvalue weighted by molar-refractivity contribution is 9.10. The minimum absolute atomic E-state index is 0.184. The molecule has 0 saturated heterocycles. The number of hydrogen-bond acceptors (Lipinski definition) is 4. The zero-order valence-electron chi connectivity index (χ0n) is 10.2. The summed E-state index contributed by atoms with van der Waals surface area (Å²) in [5.41, 5.74) is -1.06. The summed E-state index contributed by atoms with van der Waals surface area (Å²) >= 11 is 3.09. The fourth-order valence-corrected chi connectivity index (χ4v) is 1.98. The van der Waals surface area contributed by atoms with Gasteiger partial charge in [0.25, 0.3) is 0 Å². The third kappa shape index (κ3) is 3.16. The van der Waals surface area contributed by atoms with Crippen LogP contribution in [0.5, 0.6) is 11.5 Å². The molecule has 0 aromatic heterocycles. The Hall–Kier alpha value is -2.48. The zero-order valence-corrected chi connectivity index (χ0v) is 11.8. The summed E-state index contributed by atoms with van der Waals surface area (Å²) in [6.07, 6.45) is 0. The average molecular weight is 356 g/mol. The second-order valence-electron chi connectivity index (χ2n) is 3.89. The van der Waals surface area contributed by atoms with E-state index in [9.17, 15) is 19.3 Å². The number of benzene rings is 2. The van der Waals surface area contributed by atoms with Crippen LogP contribution in [0.15, 0.2) is 40.9 Å². The SMILES string of the molecule is O=C(O)c1c(F)cccc1Oc1ccc(Br)cc1[N+](=O)[O-]. The molecule has 0 amide bonds. The first-order valence-electron chi connectivity index (χ1n) is 5.53. The number of carbonyl (C=O) groups is 1. The van der Waals surface area contributed by atoms with Crippen molar-refractivity contribution in [3.8, 4) is 11.5 Å². The van der Waals surface area contributed by atoms with E-state index in [0.717, 1.165) is 6.07 Å².